The molecule has 1 rings (SSSR count). The first-order valence-electron chi connectivity index (χ1n) is 5.22. The summed E-state index contributed by atoms with van der Waals surface area (Å²) in [4.78, 5) is 0. The van der Waals surface area contributed by atoms with E-state index >= 15 is 0 Å². The molecular weight excluding hydrogens is 184 g/mol. The maximum absolute atomic E-state index is 9.95. The van der Waals surface area contributed by atoms with Crippen molar-refractivity contribution in [3.8, 4) is 0 Å². The molecule has 2 unspecified atom stereocenters. The van der Waals surface area contributed by atoms with E-state index in [0.717, 1.165) is 19.3 Å². The molecule has 1 aliphatic carbocycles. The van der Waals surface area contributed by atoms with Gasteiger partial charge in [0.25, 0.3) is 0 Å². The largest absolute Gasteiger partial charge is 0.393 e. The van der Waals surface area contributed by atoms with Crippen molar-refractivity contribution >= 4 is 11.6 Å². The van der Waals surface area contributed by atoms with Crippen LogP contribution >= 0.6 is 11.6 Å². The van der Waals surface area contributed by atoms with E-state index in [9.17, 15) is 5.11 Å². The minimum absolute atomic E-state index is 0.141. The van der Waals surface area contributed by atoms with Gasteiger partial charge in [0.15, 0.2) is 0 Å². The zero-order valence-electron chi connectivity index (χ0n) is 8.89. The van der Waals surface area contributed by atoms with E-state index in [4.69, 9.17) is 11.6 Å². The number of halogens is 1. The fourth-order valence-electron chi connectivity index (χ4n) is 2.36. The van der Waals surface area contributed by atoms with Gasteiger partial charge < -0.3 is 5.11 Å². The standard InChI is InChI=1S/C11H21ClO/c1-8(2)9-4-5-11(3,7-12)6-10(9)13/h8-10,13H,4-7H2,1-3H3/t9?,10?,11-/m0/s1. The number of aliphatic hydroxyl groups is 1. The van der Waals surface area contributed by atoms with Crippen LogP contribution in [-0.2, 0) is 0 Å². The summed E-state index contributed by atoms with van der Waals surface area (Å²) in [5, 5.41) is 9.95. The molecule has 78 valence electrons. The van der Waals surface area contributed by atoms with Gasteiger partial charge in [-0.3, -0.25) is 0 Å². The summed E-state index contributed by atoms with van der Waals surface area (Å²) in [6.45, 7) is 6.56. The average Bonchev–Trinajstić information content (AvgIpc) is 2.03. The summed E-state index contributed by atoms with van der Waals surface area (Å²) in [6, 6.07) is 0. The maximum atomic E-state index is 9.95. The van der Waals surface area contributed by atoms with E-state index in [0.29, 0.717) is 17.7 Å². The molecule has 0 saturated heterocycles. The predicted octanol–water partition coefficient (Wildman–Crippen LogP) is 3.05. The Morgan fingerprint density at radius 2 is 2.15 bits per heavy atom. The van der Waals surface area contributed by atoms with E-state index < -0.39 is 0 Å². The summed E-state index contributed by atoms with van der Waals surface area (Å²) >= 11 is 5.90. The Morgan fingerprint density at radius 3 is 2.54 bits per heavy atom. The smallest absolute Gasteiger partial charge is 0.0576 e. The van der Waals surface area contributed by atoms with Gasteiger partial charge in [-0.2, -0.15) is 0 Å². The molecule has 1 fully saturated rings. The zero-order valence-corrected chi connectivity index (χ0v) is 9.64. The molecule has 0 amide bonds. The first kappa shape index (κ1) is 11.3. The first-order valence-corrected chi connectivity index (χ1v) is 5.76. The van der Waals surface area contributed by atoms with Gasteiger partial charge in [-0.15, -0.1) is 11.6 Å². The van der Waals surface area contributed by atoms with Crippen LogP contribution in [0, 0.1) is 17.3 Å². The van der Waals surface area contributed by atoms with Crippen molar-refractivity contribution in [2.75, 3.05) is 5.88 Å². The van der Waals surface area contributed by atoms with Gasteiger partial charge in [-0.25, -0.2) is 0 Å². The highest BCUT2D eigenvalue weighted by atomic mass is 35.5. The second-order valence-corrected chi connectivity index (χ2v) is 5.43. The highest BCUT2D eigenvalue weighted by Gasteiger charge is 2.37. The molecule has 0 heterocycles. The summed E-state index contributed by atoms with van der Waals surface area (Å²) < 4.78 is 0. The number of aliphatic hydroxyl groups excluding tert-OH is 1. The van der Waals surface area contributed by atoms with Crippen molar-refractivity contribution < 1.29 is 5.11 Å². The van der Waals surface area contributed by atoms with E-state index in [1.165, 1.54) is 0 Å². The third-order valence-corrected chi connectivity index (χ3v) is 4.10. The predicted molar refractivity (Wildman–Crippen MR) is 57.0 cm³/mol. The molecule has 13 heavy (non-hydrogen) atoms. The van der Waals surface area contributed by atoms with Crippen molar-refractivity contribution in [1.82, 2.24) is 0 Å². The number of alkyl halides is 1. The number of hydrogen-bond acceptors (Lipinski definition) is 1. The Balaban J connectivity index is 2.56. The van der Waals surface area contributed by atoms with Gasteiger partial charge in [0.05, 0.1) is 6.10 Å². The molecule has 1 N–H and O–H groups in total. The SMILES string of the molecule is CC(C)C1CC[C@](C)(CCl)CC1O. The third-order valence-electron chi connectivity index (χ3n) is 3.46. The maximum Gasteiger partial charge on any atom is 0.0576 e. The van der Waals surface area contributed by atoms with Crippen LogP contribution in [0.25, 0.3) is 0 Å². The molecule has 0 radical (unpaired) electrons. The Kier molecular flexibility index (Phi) is 3.64. The van der Waals surface area contributed by atoms with Crippen LogP contribution in [0.4, 0.5) is 0 Å². The normalized spacial score (nSPS) is 41.1. The van der Waals surface area contributed by atoms with Crippen LogP contribution in [0.1, 0.15) is 40.0 Å². The highest BCUT2D eigenvalue weighted by molar-refractivity contribution is 6.18. The molecule has 0 spiro atoms. The van der Waals surface area contributed by atoms with E-state index in [1.807, 2.05) is 0 Å². The lowest BCUT2D eigenvalue weighted by Gasteiger charge is -2.41. The van der Waals surface area contributed by atoms with Crippen LogP contribution in [0.2, 0.25) is 0 Å². The van der Waals surface area contributed by atoms with Gasteiger partial charge in [-0.1, -0.05) is 20.8 Å². The van der Waals surface area contributed by atoms with Gasteiger partial charge in [0.1, 0.15) is 0 Å². The Hall–Kier alpha value is 0.250. The Morgan fingerprint density at radius 1 is 1.54 bits per heavy atom. The minimum Gasteiger partial charge on any atom is -0.393 e. The van der Waals surface area contributed by atoms with E-state index in [2.05, 4.69) is 20.8 Å². The molecule has 3 atom stereocenters. The molecule has 1 nitrogen and oxygen atoms in total. The van der Waals surface area contributed by atoms with E-state index in [-0.39, 0.29) is 11.5 Å². The monoisotopic (exact) mass is 204 g/mol. The third kappa shape index (κ3) is 2.60. The molecule has 1 saturated carbocycles. The van der Waals surface area contributed by atoms with Crippen LogP contribution in [0.5, 0.6) is 0 Å². The van der Waals surface area contributed by atoms with Crippen LogP contribution < -0.4 is 0 Å². The number of hydrogen-bond donors (Lipinski definition) is 1. The fraction of sp³-hybridized carbons (Fsp3) is 1.00. The molecule has 0 aromatic heterocycles. The molecule has 2 heteroatoms. The van der Waals surface area contributed by atoms with Gasteiger partial charge >= 0.3 is 0 Å². The molecular formula is C11H21ClO. The van der Waals surface area contributed by atoms with Crippen LogP contribution in [0.15, 0.2) is 0 Å². The lowest BCUT2D eigenvalue weighted by Crippen LogP contribution is -2.38. The zero-order chi connectivity index (χ0) is 10.1. The van der Waals surface area contributed by atoms with Gasteiger partial charge in [0.2, 0.25) is 0 Å². The lowest BCUT2D eigenvalue weighted by molar-refractivity contribution is -0.00205. The van der Waals surface area contributed by atoms with Crippen LogP contribution in [0.3, 0.4) is 0 Å². The van der Waals surface area contributed by atoms with Crippen molar-refractivity contribution in [2.24, 2.45) is 17.3 Å². The summed E-state index contributed by atoms with van der Waals surface area (Å²) in [7, 11) is 0. The highest BCUT2D eigenvalue weighted by Crippen LogP contribution is 2.41. The van der Waals surface area contributed by atoms with E-state index in [1.54, 1.807) is 0 Å². The summed E-state index contributed by atoms with van der Waals surface area (Å²) in [5.41, 5.74) is 0.173. The molecule has 0 aliphatic heterocycles. The van der Waals surface area contributed by atoms with Crippen LogP contribution in [-0.4, -0.2) is 17.1 Å². The molecule has 0 aromatic rings. The Bertz CT molecular complexity index is 169. The summed E-state index contributed by atoms with van der Waals surface area (Å²) in [6.07, 6.45) is 3.02. The molecule has 0 aromatic carbocycles. The van der Waals surface area contributed by atoms with Gasteiger partial charge in [-0.05, 0) is 36.5 Å². The lowest BCUT2D eigenvalue weighted by atomic mass is 9.68. The topological polar surface area (TPSA) is 20.2 Å². The average molecular weight is 205 g/mol. The van der Waals surface area contributed by atoms with Crippen molar-refractivity contribution in [1.29, 1.82) is 0 Å². The molecule has 1 aliphatic rings. The van der Waals surface area contributed by atoms with Crippen molar-refractivity contribution in [3.63, 3.8) is 0 Å². The summed E-state index contributed by atoms with van der Waals surface area (Å²) in [5.74, 6) is 1.75. The Labute approximate surface area is 86.5 Å². The first-order chi connectivity index (χ1) is 5.98. The molecule has 0 bridgehead atoms. The fourth-order valence-corrected chi connectivity index (χ4v) is 2.61. The van der Waals surface area contributed by atoms with Crippen molar-refractivity contribution in [2.45, 2.75) is 46.1 Å². The van der Waals surface area contributed by atoms with Gasteiger partial charge in [0, 0.05) is 5.88 Å². The minimum atomic E-state index is -0.141. The quantitative estimate of drug-likeness (QED) is 0.686. The number of rotatable bonds is 2. The second-order valence-electron chi connectivity index (χ2n) is 5.16. The second kappa shape index (κ2) is 4.18. The van der Waals surface area contributed by atoms with Crippen molar-refractivity contribution in [3.05, 3.63) is 0 Å².